The first kappa shape index (κ1) is 8.35. The Labute approximate surface area is 52.3 Å². The van der Waals surface area contributed by atoms with E-state index in [1.54, 1.807) is 0 Å². The molecule has 2 atom stereocenters. The van der Waals surface area contributed by atoms with Crippen molar-refractivity contribution in [1.82, 2.24) is 0 Å². The number of nitrogens with two attached hydrogens (primary N) is 2. The van der Waals surface area contributed by atoms with Gasteiger partial charge in [0.2, 0.25) is 0 Å². The van der Waals surface area contributed by atoms with E-state index in [0.717, 1.165) is 0 Å². The lowest BCUT2D eigenvalue weighted by Crippen LogP contribution is -2.45. The lowest BCUT2D eigenvalue weighted by Gasteiger charge is -2.10. The zero-order chi connectivity index (χ0) is 7.44. The van der Waals surface area contributed by atoms with Gasteiger partial charge in [-0.05, 0) is 0 Å². The molecule has 0 aliphatic rings. The topological polar surface area (TPSA) is 110 Å². The standard InChI is InChI=1S/C4H10N2O3/c5-1-2(7)3(6)4(8)9/h2-3,7H,1,5-6H2,(H,8,9)/t2-,3-/m0/s1. The Morgan fingerprint density at radius 1 is 1.67 bits per heavy atom. The third-order valence-electron chi connectivity index (χ3n) is 0.941. The average molecular weight is 134 g/mol. The van der Waals surface area contributed by atoms with Crippen LogP contribution in [0.3, 0.4) is 0 Å². The van der Waals surface area contributed by atoms with Crippen molar-refractivity contribution in [2.75, 3.05) is 6.54 Å². The van der Waals surface area contributed by atoms with E-state index in [-0.39, 0.29) is 6.54 Å². The molecule has 0 bridgehead atoms. The molecule has 0 aliphatic heterocycles. The highest BCUT2D eigenvalue weighted by Gasteiger charge is 2.19. The van der Waals surface area contributed by atoms with Gasteiger partial charge < -0.3 is 21.7 Å². The first-order valence-electron chi connectivity index (χ1n) is 2.46. The summed E-state index contributed by atoms with van der Waals surface area (Å²) in [4.78, 5) is 9.96. The van der Waals surface area contributed by atoms with Gasteiger partial charge in [-0.3, -0.25) is 4.79 Å². The van der Waals surface area contributed by atoms with Gasteiger partial charge in [-0.25, -0.2) is 0 Å². The number of aliphatic hydroxyl groups excluding tert-OH is 1. The lowest BCUT2D eigenvalue weighted by molar-refractivity contribution is -0.141. The number of hydrogen-bond donors (Lipinski definition) is 4. The summed E-state index contributed by atoms with van der Waals surface area (Å²) in [7, 11) is 0. The zero-order valence-electron chi connectivity index (χ0n) is 4.82. The van der Waals surface area contributed by atoms with Crippen LogP contribution in [0.4, 0.5) is 0 Å². The minimum atomic E-state index is -1.27. The Morgan fingerprint density at radius 3 is 2.22 bits per heavy atom. The second kappa shape index (κ2) is 3.39. The molecule has 9 heavy (non-hydrogen) atoms. The minimum absolute atomic E-state index is 0.131. The van der Waals surface area contributed by atoms with E-state index in [2.05, 4.69) is 0 Å². The van der Waals surface area contributed by atoms with Crippen molar-refractivity contribution in [1.29, 1.82) is 0 Å². The highest BCUT2D eigenvalue weighted by Crippen LogP contribution is 1.85. The van der Waals surface area contributed by atoms with Crippen molar-refractivity contribution >= 4 is 5.97 Å². The summed E-state index contributed by atoms with van der Waals surface area (Å²) < 4.78 is 0. The van der Waals surface area contributed by atoms with Gasteiger partial charge in [0.1, 0.15) is 6.04 Å². The van der Waals surface area contributed by atoms with Gasteiger partial charge in [-0.2, -0.15) is 0 Å². The maximum atomic E-state index is 9.96. The maximum absolute atomic E-state index is 9.96. The predicted octanol–water partition coefficient (Wildman–Crippen LogP) is -2.28. The second-order valence-corrected chi connectivity index (χ2v) is 1.67. The maximum Gasteiger partial charge on any atom is 0.323 e. The first-order chi connectivity index (χ1) is 4.09. The fourth-order valence-electron chi connectivity index (χ4n) is 0.311. The molecule has 6 N–H and O–H groups in total. The van der Waals surface area contributed by atoms with Crippen molar-refractivity contribution in [2.24, 2.45) is 11.5 Å². The van der Waals surface area contributed by atoms with E-state index in [1.165, 1.54) is 0 Å². The Morgan fingerprint density at radius 2 is 2.11 bits per heavy atom. The molecular weight excluding hydrogens is 124 g/mol. The molecule has 0 rings (SSSR count). The molecule has 5 heteroatoms. The molecule has 0 radical (unpaired) electrons. The number of hydrogen-bond acceptors (Lipinski definition) is 4. The van der Waals surface area contributed by atoms with Gasteiger partial charge >= 0.3 is 5.97 Å². The molecule has 0 aromatic carbocycles. The molecule has 5 nitrogen and oxygen atoms in total. The van der Waals surface area contributed by atoms with E-state index in [4.69, 9.17) is 21.7 Å². The van der Waals surface area contributed by atoms with Crippen LogP contribution in [0.15, 0.2) is 0 Å². The zero-order valence-corrected chi connectivity index (χ0v) is 4.82. The quantitative estimate of drug-likeness (QED) is 0.347. The first-order valence-corrected chi connectivity index (χ1v) is 2.46. The lowest BCUT2D eigenvalue weighted by atomic mass is 10.2. The Balaban J connectivity index is 3.72. The van der Waals surface area contributed by atoms with Gasteiger partial charge in [-0.15, -0.1) is 0 Å². The third kappa shape index (κ3) is 2.41. The van der Waals surface area contributed by atoms with E-state index in [1.807, 2.05) is 0 Å². The Kier molecular flexibility index (Phi) is 3.15. The van der Waals surface area contributed by atoms with Crippen molar-refractivity contribution in [3.05, 3.63) is 0 Å². The molecule has 0 unspecified atom stereocenters. The molecule has 0 aliphatic carbocycles. The number of carboxylic acids is 1. The van der Waals surface area contributed by atoms with Crippen LogP contribution < -0.4 is 11.5 Å². The summed E-state index contributed by atoms with van der Waals surface area (Å²) in [5.41, 5.74) is 9.86. The largest absolute Gasteiger partial charge is 0.480 e. The van der Waals surface area contributed by atoms with Crippen LogP contribution in [0, 0.1) is 0 Å². The molecule has 0 saturated heterocycles. The molecule has 0 aromatic heterocycles. The summed E-state index contributed by atoms with van der Waals surface area (Å²) in [5.74, 6) is -1.24. The SMILES string of the molecule is NC[C@H](O)[C@H](N)C(=O)O. The van der Waals surface area contributed by atoms with Crippen LogP contribution in [0.1, 0.15) is 0 Å². The molecule has 0 saturated carbocycles. The summed E-state index contributed by atoms with van der Waals surface area (Å²) in [6, 6.07) is -1.27. The van der Waals surface area contributed by atoms with Crippen LogP contribution in [0.25, 0.3) is 0 Å². The van der Waals surface area contributed by atoms with Gasteiger partial charge in [-0.1, -0.05) is 0 Å². The second-order valence-electron chi connectivity index (χ2n) is 1.67. The highest BCUT2D eigenvalue weighted by atomic mass is 16.4. The van der Waals surface area contributed by atoms with E-state index in [0.29, 0.717) is 0 Å². The number of aliphatic hydroxyl groups is 1. The summed E-state index contributed by atoms with van der Waals surface area (Å²) in [6.07, 6.45) is -1.15. The van der Waals surface area contributed by atoms with Crippen LogP contribution in [0.5, 0.6) is 0 Å². The van der Waals surface area contributed by atoms with Crippen LogP contribution >= 0.6 is 0 Å². The minimum Gasteiger partial charge on any atom is -0.480 e. The van der Waals surface area contributed by atoms with Crippen molar-refractivity contribution in [2.45, 2.75) is 12.1 Å². The smallest absolute Gasteiger partial charge is 0.323 e. The molecular formula is C4H10N2O3. The van der Waals surface area contributed by atoms with E-state index in [9.17, 15) is 4.79 Å². The molecule has 0 spiro atoms. The number of aliphatic carboxylic acids is 1. The highest BCUT2D eigenvalue weighted by molar-refractivity contribution is 5.73. The van der Waals surface area contributed by atoms with Gasteiger partial charge in [0.15, 0.2) is 0 Å². The molecule has 0 heterocycles. The van der Waals surface area contributed by atoms with Crippen LogP contribution in [-0.2, 0) is 4.79 Å². The molecule has 0 aromatic rings. The van der Waals surface area contributed by atoms with Crippen LogP contribution in [-0.4, -0.2) is 34.9 Å². The van der Waals surface area contributed by atoms with E-state index < -0.39 is 18.1 Å². The monoisotopic (exact) mass is 134 g/mol. The molecule has 0 amide bonds. The number of carboxylic acid groups (broad SMARTS) is 1. The van der Waals surface area contributed by atoms with Crippen molar-refractivity contribution in [3.63, 3.8) is 0 Å². The Hall–Kier alpha value is -0.650. The summed E-state index contributed by atoms with van der Waals surface area (Å²) in [5, 5.41) is 16.8. The predicted molar refractivity (Wildman–Crippen MR) is 30.7 cm³/mol. The molecule has 0 fully saturated rings. The fraction of sp³-hybridized carbons (Fsp3) is 0.750. The third-order valence-corrected chi connectivity index (χ3v) is 0.941. The number of rotatable bonds is 3. The van der Waals surface area contributed by atoms with Gasteiger partial charge in [0.05, 0.1) is 6.10 Å². The summed E-state index contributed by atoms with van der Waals surface area (Å²) >= 11 is 0. The molecule has 54 valence electrons. The summed E-state index contributed by atoms with van der Waals surface area (Å²) in [6.45, 7) is -0.131. The number of carbonyl (C=O) groups is 1. The Bertz CT molecular complexity index is 106. The van der Waals surface area contributed by atoms with Crippen LogP contribution in [0.2, 0.25) is 0 Å². The van der Waals surface area contributed by atoms with Gasteiger partial charge in [0.25, 0.3) is 0 Å². The fourth-order valence-corrected chi connectivity index (χ4v) is 0.311. The van der Waals surface area contributed by atoms with Crippen molar-refractivity contribution < 1.29 is 15.0 Å². The average Bonchev–Trinajstić information content (AvgIpc) is 1.84. The van der Waals surface area contributed by atoms with Crippen molar-refractivity contribution in [3.8, 4) is 0 Å². The normalized spacial score (nSPS) is 16.8. The van der Waals surface area contributed by atoms with E-state index >= 15 is 0 Å². The van der Waals surface area contributed by atoms with Gasteiger partial charge in [0, 0.05) is 6.54 Å².